The van der Waals surface area contributed by atoms with E-state index in [4.69, 9.17) is 16.3 Å². The zero-order chi connectivity index (χ0) is 16.6. The van der Waals surface area contributed by atoms with Crippen LogP contribution in [0.3, 0.4) is 0 Å². The van der Waals surface area contributed by atoms with Crippen molar-refractivity contribution in [2.75, 3.05) is 10.6 Å². The molecule has 7 nitrogen and oxygen atoms in total. The molecule has 0 bridgehead atoms. The van der Waals surface area contributed by atoms with Gasteiger partial charge in [-0.15, -0.1) is 0 Å². The maximum atomic E-state index is 12.5. The van der Waals surface area contributed by atoms with Gasteiger partial charge in [0.1, 0.15) is 5.75 Å². The molecule has 2 heterocycles. The van der Waals surface area contributed by atoms with Crippen LogP contribution < -0.4 is 15.4 Å². The molecular formula is C15H15ClN4O3. The van der Waals surface area contributed by atoms with Gasteiger partial charge in [-0.05, 0) is 32.0 Å². The van der Waals surface area contributed by atoms with Crippen LogP contribution in [0.4, 0.5) is 11.5 Å². The lowest BCUT2D eigenvalue weighted by molar-refractivity contribution is -0.143. The highest BCUT2D eigenvalue weighted by atomic mass is 35.5. The van der Waals surface area contributed by atoms with Gasteiger partial charge in [0.05, 0.1) is 5.69 Å². The SMILES string of the molecule is CCn1ccc(NC(=O)C2(C)Oc3ccc(Cl)cc3NC2=O)n1. The van der Waals surface area contributed by atoms with E-state index in [1.54, 1.807) is 35.1 Å². The molecule has 0 radical (unpaired) electrons. The van der Waals surface area contributed by atoms with E-state index in [-0.39, 0.29) is 0 Å². The number of amides is 2. The molecular weight excluding hydrogens is 320 g/mol. The third-order valence-electron chi connectivity index (χ3n) is 3.58. The summed E-state index contributed by atoms with van der Waals surface area (Å²) in [6, 6.07) is 6.45. The molecule has 2 N–H and O–H groups in total. The van der Waals surface area contributed by atoms with Crippen LogP contribution in [0, 0.1) is 0 Å². The second-order valence-electron chi connectivity index (χ2n) is 5.24. The lowest BCUT2D eigenvalue weighted by Gasteiger charge is -2.33. The molecule has 1 unspecified atom stereocenters. The molecule has 1 aromatic heterocycles. The van der Waals surface area contributed by atoms with Gasteiger partial charge in [-0.25, -0.2) is 0 Å². The second kappa shape index (κ2) is 5.58. The number of aromatic nitrogens is 2. The van der Waals surface area contributed by atoms with Gasteiger partial charge in [0.15, 0.2) is 5.82 Å². The Hall–Kier alpha value is -2.54. The van der Waals surface area contributed by atoms with Crippen LogP contribution in [0.1, 0.15) is 13.8 Å². The number of nitrogens with one attached hydrogen (secondary N) is 2. The van der Waals surface area contributed by atoms with Gasteiger partial charge in [-0.3, -0.25) is 14.3 Å². The van der Waals surface area contributed by atoms with Gasteiger partial charge < -0.3 is 15.4 Å². The number of hydrogen-bond donors (Lipinski definition) is 2. The van der Waals surface area contributed by atoms with Crippen LogP contribution in [-0.4, -0.2) is 27.2 Å². The highest BCUT2D eigenvalue weighted by Gasteiger charge is 2.47. The fourth-order valence-corrected chi connectivity index (χ4v) is 2.36. The summed E-state index contributed by atoms with van der Waals surface area (Å²) in [5.41, 5.74) is -1.26. The van der Waals surface area contributed by atoms with Crippen LogP contribution in [-0.2, 0) is 16.1 Å². The first-order valence-electron chi connectivity index (χ1n) is 7.07. The minimum Gasteiger partial charge on any atom is -0.466 e. The molecule has 1 atom stereocenters. The minimum atomic E-state index is -1.70. The number of rotatable bonds is 3. The predicted molar refractivity (Wildman–Crippen MR) is 85.6 cm³/mol. The minimum absolute atomic E-state index is 0.358. The first kappa shape index (κ1) is 15.4. The highest BCUT2D eigenvalue weighted by Crippen LogP contribution is 2.35. The number of carbonyl (C=O) groups excluding carboxylic acids is 2. The molecule has 120 valence electrons. The largest absolute Gasteiger partial charge is 0.466 e. The second-order valence-corrected chi connectivity index (χ2v) is 5.68. The van der Waals surface area contributed by atoms with E-state index >= 15 is 0 Å². The number of fused-ring (bicyclic) bond motifs is 1. The number of hydrogen-bond acceptors (Lipinski definition) is 4. The molecule has 23 heavy (non-hydrogen) atoms. The summed E-state index contributed by atoms with van der Waals surface area (Å²) in [4.78, 5) is 24.8. The standard InChI is InChI=1S/C15H15ClN4O3/c1-3-20-7-6-12(19-20)18-14(22)15(2)13(21)17-10-8-9(16)4-5-11(10)23-15/h4-8H,3H2,1-2H3,(H,17,21)(H,18,19,22). The lowest BCUT2D eigenvalue weighted by Crippen LogP contribution is -2.56. The average molecular weight is 335 g/mol. The smallest absolute Gasteiger partial charge is 0.279 e. The van der Waals surface area contributed by atoms with Gasteiger partial charge in [-0.2, -0.15) is 5.10 Å². The Kier molecular flexibility index (Phi) is 3.73. The van der Waals surface area contributed by atoms with Crippen molar-refractivity contribution in [2.24, 2.45) is 0 Å². The molecule has 0 aliphatic carbocycles. The maximum Gasteiger partial charge on any atom is 0.279 e. The first-order valence-corrected chi connectivity index (χ1v) is 7.45. The molecule has 0 spiro atoms. The number of halogens is 1. The van der Waals surface area contributed by atoms with Crippen molar-refractivity contribution >= 4 is 34.9 Å². The Morgan fingerprint density at radius 1 is 1.48 bits per heavy atom. The maximum absolute atomic E-state index is 12.5. The molecule has 0 saturated carbocycles. The summed E-state index contributed by atoms with van der Waals surface area (Å²) in [6.07, 6.45) is 1.73. The zero-order valence-electron chi connectivity index (χ0n) is 12.6. The molecule has 0 saturated heterocycles. The number of nitrogens with zero attached hydrogens (tertiary/aromatic N) is 2. The van der Waals surface area contributed by atoms with Crippen LogP contribution in [0.25, 0.3) is 0 Å². The van der Waals surface area contributed by atoms with Crippen molar-refractivity contribution in [3.63, 3.8) is 0 Å². The van der Waals surface area contributed by atoms with Gasteiger partial charge in [0.25, 0.3) is 17.4 Å². The number of carbonyl (C=O) groups is 2. The van der Waals surface area contributed by atoms with Crippen LogP contribution in [0.5, 0.6) is 5.75 Å². The summed E-state index contributed by atoms with van der Waals surface area (Å²) in [6.45, 7) is 4.02. The van der Waals surface area contributed by atoms with Crippen molar-refractivity contribution in [2.45, 2.75) is 26.0 Å². The Balaban J connectivity index is 1.84. The predicted octanol–water partition coefficient (Wildman–Crippen LogP) is 2.28. The number of ether oxygens (including phenoxy) is 1. The van der Waals surface area contributed by atoms with Crippen molar-refractivity contribution in [1.82, 2.24) is 9.78 Å². The highest BCUT2D eigenvalue weighted by molar-refractivity contribution is 6.31. The Morgan fingerprint density at radius 2 is 2.26 bits per heavy atom. The van der Waals surface area contributed by atoms with E-state index in [0.29, 0.717) is 28.8 Å². The Morgan fingerprint density at radius 3 is 2.96 bits per heavy atom. The van der Waals surface area contributed by atoms with Crippen LogP contribution in [0.2, 0.25) is 5.02 Å². The normalized spacial score (nSPS) is 19.5. The molecule has 2 aromatic rings. The summed E-state index contributed by atoms with van der Waals surface area (Å²) < 4.78 is 7.30. The third-order valence-corrected chi connectivity index (χ3v) is 3.81. The van der Waals surface area contributed by atoms with Crippen molar-refractivity contribution in [3.8, 4) is 5.75 Å². The van der Waals surface area contributed by atoms with Crippen molar-refractivity contribution < 1.29 is 14.3 Å². The molecule has 1 aliphatic rings. The average Bonchev–Trinajstić information content (AvgIpc) is 2.96. The van der Waals surface area contributed by atoms with E-state index < -0.39 is 17.4 Å². The van der Waals surface area contributed by atoms with Crippen molar-refractivity contribution in [3.05, 3.63) is 35.5 Å². The zero-order valence-corrected chi connectivity index (χ0v) is 13.3. The number of benzene rings is 1. The van der Waals surface area contributed by atoms with Crippen LogP contribution in [0.15, 0.2) is 30.5 Å². The number of anilines is 2. The van der Waals surface area contributed by atoms with Gasteiger partial charge in [0, 0.05) is 23.8 Å². The molecule has 8 heteroatoms. The van der Waals surface area contributed by atoms with E-state index in [0.717, 1.165) is 0 Å². The summed E-state index contributed by atoms with van der Waals surface area (Å²) in [5, 5.41) is 9.86. The summed E-state index contributed by atoms with van der Waals surface area (Å²) in [5.74, 6) is -0.432. The quantitative estimate of drug-likeness (QED) is 0.843. The molecule has 0 fully saturated rings. The first-order chi connectivity index (χ1) is 10.9. The van der Waals surface area contributed by atoms with E-state index in [2.05, 4.69) is 15.7 Å². The summed E-state index contributed by atoms with van der Waals surface area (Å²) in [7, 11) is 0. The summed E-state index contributed by atoms with van der Waals surface area (Å²) >= 11 is 5.88. The topological polar surface area (TPSA) is 85.3 Å². The fraction of sp³-hybridized carbons (Fsp3) is 0.267. The molecule has 3 rings (SSSR count). The number of aryl methyl sites for hydroxylation is 1. The van der Waals surface area contributed by atoms with E-state index in [9.17, 15) is 9.59 Å². The van der Waals surface area contributed by atoms with Crippen LogP contribution >= 0.6 is 11.6 Å². The molecule has 1 aromatic carbocycles. The van der Waals surface area contributed by atoms with Gasteiger partial charge in [0.2, 0.25) is 0 Å². The fourth-order valence-electron chi connectivity index (χ4n) is 2.19. The van der Waals surface area contributed by atoms with Gasteiger partial charge >= 0.3 is 0 Å². The van der Waals surface area contributed by atoms with E-state index in [1.165, 1.54) is 6.92 Å². The van der Waals surface area contributed by atoms with Crippen molar-refractivity contribution in [1.29, 1.82) is 0 Å². The Labute approximate surface area is 137 Å². The monoisotopic (exact) mass is 334 g/mol. The lowest BCUT2D eigenvalue weighted by atomic mass is 10.0. The third kappa shape index (κ3) is 2.75. The Bertz CT molecular complexity index is 789. The van der Waals surface area contributed by atoms with Gasteiger partial charge in [-0.1, -0.05) is 11.6 Å². The molecule has 1 aliphatic heterocycles. The molecule has 2 amide bonds. The van der Waals surface area contributed by atoms with E-state index in [1.807, 2.05) is 6.92 Å².